The lowest BCUT2D eigenvalue weighted by Gasteiger charge is -2.08. The summed E-state index contributed by atoms with van der Waals surface area (Å²) in [5.41, 5.74) is 1.06. The van der Waals surface area contributed by atoms with Gasteiger partial charge in [-0.15, -0.1) is 0 Å². The lowest BCUT2D eigenvalue weighted by atomic mass is 10.1. The minimum Gasteiger partial charge on any atom is -0.494 e. The summed E-state index contributed by atoms with van der Waals surface area (Å²) in [5.74, 6) is 0.846. The number of unbranched alkanes of at least 4 members (excludes halogenated alkanes) is 1. The zero-order chi connectivity index (χ0) is 16.7. The molecule has 2 aromatic rings. The molecule has 0 spiro atoms. The molecule has 0 saturated carbocycles. The number of hydrogen-bond acceptors (Lipinski definition) is 2. The molecule has 1 aromatic heterocycles. The van der Waals surface area contributed by atoms with Crippen LogP contribution in [-0.4, -0.2) is 11.6 Å². The van der Waals surface area contributed by atoms with Crippen LogP contribution in [0.2, 0.25) is 0 Å². The maximum Gasteiger partial charge on any atom is 0.433 e. The summed E-state index contributed by atoms with van der Waals surface area (Å²) in [7, 11) is 0. The Morgan fingerprint density at radius 2 is 1.61 bits per heavy atom. The SMILES string of the molecule is CCCCOc1ccc(CCc2ccc(C(F)(F)F)nc2)cc1. The summed E-state index contributed by atoms with van der Waals surface area (Å²) in [5, 5.41) is 0. The Labute approximate surface area is 134 Å². The van der Waals surface area contributed by atoms with E-state index in [0.717, 1.165) is 42.2 Å². The second-order valence-corrected chi connectivity index (χ2v) is 5.40. The molecule has 0 aliphatic carbocycles. The van der Waals surface area contributed by atoms with Gasteiger partial charge < -0.3 is 4.74 Å². The lowest BCUT2D eigenvalue weighted by Crippen LogP contribution is -2.07. The number of nitrogens with zero attached hydrogens (tertiary/aromatic N) is 1. The van der Waals surface area contributed by atoms with Gasteiger partial charge >= 0.3 is 6.18 Å². The first-order valence-electron chi connectivity index (χ1n) is 7.73. The standard InChI is InChI=1S/C18H20F3NO/c1-2-3-12-23-16-9-6-14(7-10-16)4-5-15-8-11-17(22-13-15)18(19,20)21/h6-11,13H,2-5,12H2,1H3. The fourth-order valence-electron chi connectivity index (χ4n) is 2.12. The van der Waals surface area contributed by atoms with Gasteiger partial charge in [0.15, 0.2) is 0 Å². The third-order valence-electron chi connectivity index (χ3n) is 3.51. The molecule has 0 atom stereocenters. The van der Waals surface area contributed by atoms with E-state index in [1.54, 1.807) is 0 Å². The van der Waals surface area contributed by atoms with Gasteiger partial charge in [0.25, 0.3) is 0 Å². The van der Waals surface area contributed by atoms with Gasteiger partial charge in [-0.3, -0.25) is 4.98 Å². The number of halogens is 3. The number of hydrogen-bond donors (Lipinski definition) is 0. The quantitative estimate of drug-likeness (QED) is 0.664. The minimum atomic E-state index is -4.38. The molecule has 0 fully saturated rings. The van der Waals surface area contributed by atoms with E-state index in [9.17, 15) is 13.2 Å². The number of aromatic nitrogens is 1. The number of alkyl halides is 3. The van der Waals surface area contributed by atoms with Crippen molar-refractivity contribution in [3.63, 3.8) is 0 Å². The van der Waals surface area contributed by atoms with Gasteiger partial charge in [-0.1, -0.05) is 31.5 Å². The van der Waals surface area contributed by atoms with Gasteiger partial charge in [0.05, 0.1) is 6.61 Å². The van der Waals surface area contributed by atoms with E-state index in [4.69, 9.17) is 4.74 Å². The second kappa shape index (κ2) is 7.99. The average Bonchev–Trinajstić information content (AvgIpc) is 2.54. The molecule has 0 bridgehead atoms. The Morgan fingerprint density at radius 3 is 2.17 bits per heavy atom. The third-order valence-corrected chi connectivity index (χ3v) is 3.51. The fourth-order valence-corrected chi connectivity index (χ4v) is 2.12. The Kier molecular flexibility index (Phi) is 6.02. The largest absolute Gasteiger partial charge is 0.494 e. The van der Waals surface area contributed by atoms with E-state index in [1.807, 2.05) is 24.3 Å². The smallest absolute Gasteiger partial charge is 0.433 e. The Hall–Kier alpha value is -2.04. The van der Waals surface area contributed by atoms with Crippen molar-refractivity contribution in [1.29, 1.82) is 0 Å². The molecule has 0 N–H and O–H groups in total. The Morgan fingerprint density at radius 1 is 0.957 bits per heavy atom. The van der Waals surface area contributed by atoms with Gasteiger partial charge in [-0.2, -0.15) is 13.2 Å². The summed E-state index contributed by atoms with van der Waals surface area (Å²) in [4.78, 5) is 3.47. The highest BCUT2D eigenvalue weighted by atomic mass is 19.4. The average molecular weight is 323 g/mol. The highest BCUT2D eigenvalue weighted by molar-refractivity contribution is 5.28. The van der Waals surface area contributed by atoms with Gasteiger partial charge in [0, 0.05) is 6.20 Å². The van der Waals surface area contributed by atoms with Crippen molar-refractivity contribution >= 4 is 0 Å². The molecule has 124 valence electrons. The zero-order valence-electron chi connectivity index (χ0n) is 13.1. The first-order chi connectivity index (χ1) is 11.0. The van der Waals surface area contributed by atoms with Crippen molar-refractivity contribution in [3.05, 3.63) is 59.4 Å². The van der Waals surface area contributed by atoms with Crippen LogP contribution in [0.4, 0.5) is 13.2 Å². The molecule has 0 aliphatic heterocycles. The second-order valence-electron chi connectivity index (χ2n) is 5.40. The molecule has 0 radical (unpaired) electrons. The van der Waals surface area contributed by atoms with Crippen LogP contribution in [0, 0.1) is 0 Å². The third kappa shape index (κ3) is 5.58. The fraction of sp³-hybridized carbons (Fsp3) is 0.389. The van der Waals surface area contributed by atoms with E-state index in [2.05, 4.69) is 11.9 Å². The number of aryl methyl sites for hydroxylation is 2. The van der Waals surface area contributed by atoms with Crippen LogP contribution in [0.15, 0.2) is 42.6 Å². The van der Waals surface area contributed by atoms with Crippen LogP contribution in [0.25, 0.3) is 0 Å². The molecule has 0 unspecified atom stereocenters. The molecular formula is C18H20F3NO. The molecule has 2 nitrogen and oxygen atoms in total. The predicted octanol–water partition coefficient (Wildman–Crippen LogP) is 5.06. The Balaban J connectivity index is 1.86. The monoisotopic (exact) mass is 323 g/mol. The van der Waals surface area contributed by atoms with Crippen molar-refractivity contribution in [2.75, 3.05) is 6.61 Å². The molecule has 0 saturated heterocycles. The van der Waals surface area contributed by atoms with E-state index >= 15 is 0 Å². The van der Waals surface area contributed by atoms with E-state index in [-0.39, 0.29) is 0 Å². The first kappa shape index (κ1) is 17.3. The van der Waals surface area contributed by atoms with Crippen LogP contribution >= 0.6 is 0 Å². The highest BCUT2D eigenvalue weighted by Gasteiger charge is 2.31. The van der Waals surface area contributed by atoms with Crippen molar-refractivity contribution in [1.82, 2.24) is 4.98 Å². The van der Waals surface area contributed by atoms with Crippen LogP contribution in [0.1, 0.15) is 36.6 Å². The molecule has 1 heterocycles. The van der Waals surface area contributed by atoms with Gasteiger partial charge in [-0.25, -0.2) is 0 Å². The van der Waals surface area contributed by atoms with E-state index in [1.165, 1.54) is 12.3 Å². The molecule has 23 heavy (non-hydrogen) atoms. The number of ether oxygens (including phenoxy) is 1. The zero-order valence-corrected chi connectivity index (χ0v) is 13.1. The van der Waals surface area contributed by atoms with Crippen molar-refractivity contribution in [3.8, 4) is 5.75 Å². The van der Waals surface area contributed by atoms with Gasteiger partial charge in [0.1, 0.15) is 11.4 Å². The number of benzene rings is 1. The van der Waals surface area contributed by atoms with Crippen molar-refractivity contribution < 1.29 is 17.9 Å². The summed E-state index contributed by atoms with van der Waals surface area (Å²) in [6, 6.07) is 10.3. The van der Waals surface area contributed by atoms with Crippen LogP contribution in [0.5, 0.6) is 5.75 Å². The minimum absolute atomic E-state index is 0.654. The Bertz CT molecular complexity index is 591. The number of pyridine rings is 1. The molecule has 2 rings (SSSR count). The molecular weight excluding hydrogens is 303 g/mol. The van der Waals surface area contributed by atoms with E-state index < -0.39 is 11.9 Å². The molecule has 0 amide bonds. The molecule has 5 heteroatoms. The predicted molar refractivity (Wildman–Crippen MR) is 83.5 cm³/mol. The van der Waals surface area contributed by atoms with Gasteiger partial charge in [-0.05, 0) is 48.6 Å². The summed E-state index contributed by atoms with van der Waals surface area (Å²) >= 11 is 0. The topological polar surface area (TPSA) is 22.1 Å². The van der Waals surface area contributed by atoms with Crippen molar-refractivity contribution in [2.45, 2.75) is 38.8 Å². The van der Waals surface area contributed by atoms with Crippen LogP contribution in [0.3, 0.4) is 0 Å². The van der Waals surface area contributed by atoms with Crippen molar-refractivity contribution in [2.24, 2.45) is 0 Å². The maximum atomic E-state index is 12.4. The molecule has 0 aliphatic rings. The summed E-state index contributed by atoms with van der Waals surface area (Å²) in [6.45, 7) is 2.83. The highest BCUT2D eigenvalue weighted by Crippen LogP contribution is 2.27. The summed E-state index contributed by atoms with van der Waals surface area (Å²) in [6.07, 6.45) is 0.447. The van der Waals surface area contributed by atoms with E-state index in [0.29, 0.717) is 13.0 Å². The van der Waals surface area contributed by atoms with Crippen LogP contribution < -0.4 is 4.74 Å². The lowest BCUT2D eigenvalue weighted by molar-refractivity contribution is -0.141. The summed E-state index contributed by atoms with van der Waals surface area (Å²) < 4.78 is 42.9. The van der Waals surface area contributed by atoms with Crippen LogP contribution in [-0.2, 0) is 19.0 Å². The first-order valence-corrected chi connectivity index (χ1v) is 7.73. The molecule has 1 aromatic carbocycles. The maximum absolute atomic E-state index is 12.4. The number of rotatable bonds is 7. The normalized spacial score (nSPS) is 11.5. The van der Waals surface area contributed by atoms with Gasteiger partial charge in [0.2, 0.25) is 0 Å².